The van der Waals surface area contributed by atoms with Crippen LogP contribution < -0.4 is 19.5 Å². The molecule has 11 heteroatoms. The second-order valence-corrected chi connectivity index (χ2v) is 10.3. The smallest absolute Gasteiger partial charge is 0.270 e. The summed E-state index contributed by atoms with van der Waals surface area (Å²) in [6.07, 6.45) is 2.47. The Balaban J connectivity index is 1.36. The molecule has 0 bridgehead atoms. The number of piperidine rings is 1. The van der Waals surface area contributed by atoms with Crippen molar-refractivity contribution in [1.29, 1.82) is 0 Å². The number of anilines is 1. The normalized spacial score (nSPS) is 16.3. The van der Waals surface area contributed by atoms with E-state index >= 15 is 0 Å². The molecule has 3 heterocycles. The van der Waals surface area contributed by atoms with Crippen molar-refractivity contribution in [3.8, 4) is 11.5 Å². The fourth-order valence-corrected chi connectivity index (χ4v) is 5.32. The van der Waals surface area contributed by atoms with Gasteiger partial charge in [-0.3, -0.25) is 9.59 Å². The molecule has 178 valence electrons. The number of carbonyl (C=O) groups excluding carboxylic acids is 2. The molecule has 1 aromatic carbocycles. The van der Waals surface area contributed by atoms with Crippen LogP contribution in [-0.4, -0.2) is 55.6 Å². The Bertz CT molecular complexity index is 1170. The molecule has 10 nitrogen and oxygen atoms in total. The number of likely N-dealkylation sites (tertiary alicyclic amines) is 1. The molecular formula is C22H28N4O6S. The molecule has 0 aliphatic carbocycles. The van der Waals surface area contributed by atoms with Crippen LogP contribution in [-0.2, 0) is 21.9 Å². The summed E-state index contributed by atoms with van der Waals surface area (Å²) in [5.74, 6) is 0.669. The van der Waals surface area contributed by atoms with Gasteiger partial charge in [0.25, 0.3) is 5.91 Å². The van der Waals surface area contributed by atoms with Crippen LogP contribution in [0.4, 0.5) is 5.69 Å². The molecule has 1 aromatic heterocycles. The molecule has 0 saturated carbocycles. The first-order valence-electron chi connectivity index (χ1n) is 10.8. The van der Waals surface area contributed by atoms with Crippen LogP contribution in [0.5, 0.6) is 11.5 Å². The number of aromatic nitrogens is 1. The highest BCUT2D eigenvalue weighted by atomic mass is 32.2. The molecule has 0 radical (unpaired) electrons. The monoisotopic (exact) mass is 476 g/mol. The summed E-state index contributed by atoms with van der Waals surface area (Å²) < 4.78 is 39.5. The molecule has 0 unspecified atom stereocenters. The van der Waals surface area contributed by atoms with Crippen LogP contribution in [0.15, 0.2) is 35.4 Å². The maximum absolute atomic E-state index is 13.0. The summed E-state index contributed by atoms with van der Waals surface area (Å²) in [5.41, 5.74) is 0.928. The number of hydrogen-bond donors (Lipinski definition) is 2. The fourth-order valence-electron chi connectivity index (χ4n) is 4.00. The molecule has 2 N–H and O–H groups in total. The van der Waals surface area contributed by atoms with Crippen LogP contribution in [0.2, 0.25) is 0 Å². The second-order valence-electron chi connectivity index (χ2n) is 8.57. The van der Waals surface area contributed by atoms with Crippen LogP contribution in [0, 0.1) is 5.92 Å². The fraction of sp³-hybridized carbons (Fsp3) is 0.455. The summed E-state index contributed by atoms with van der Waals surface area (Å²) in [6, 6.07) is 6.39. The van der Waals surface area contributed by atoms with Crippen LogP contribution in [0.3, 0.4) is 0 Å². The van der Waals surface area contributed by atoms with Gasteiger partial charge in [0, 0.05) is 50.0 Å². The zero-order chi connectivity index (χ0) is 23.8. The Hall–Kier alpha value is -3.05. The Labute approximate surface area is 192 Å². The third kappa shape index (κ3) is 4.98. The summed E-state index contributed by atoms with van der Waals surface area (Å²) in [6.45, 7) is 4.46. The van der Waals surface area contributed by atoms with Crippen molar-refractivity contribution in [2.75, 3.05) is 25.2 Å². The van der Waals surface area contributed by atoms with Crippen molar-refractivity contribution in [3.05, 3.63) is 36.2 Å². The number of hydrogen-bond acceptors (Lipinski definition) is 6. The number of amides is 2. The summed E-state index contributed by atoms with van der Waals surface area (Å²) in [5, 5.41) is 2.91. The van der Waals surface area contributed by atoms with Gasteiger partial charge in [-0.1, -0.05) is 0 Å². The van der Waals surface area contributed by atoms with E-state index in [0.717, 1.165) is 0 Å². The lowest BCUT2D eigenvalue weighted by Crippen LogP contribution is -2.42. The number of rotatable bonds is 6. The van der Waals surface area contributed by atoms with Gasteiger partial charge in [0.1, 0.15) is 10.6 Å². The van der Waals surface area contributed by atoms with Gasteiger partial charge in [-0.25, -0.2) is 13.1 Å². The van der Waals surface area contributed by atoms with Crippen LogP contribution in [0.1, 0.15) is 37.2 Å². The molecule has 1 fully saturated rings. The number of fused-ring (bicyclic) bond motifs is 1. The topological polar surface area (TPSA) is 119 Å². The lowest BCUT2D eigenvalue weighted by Gasteiger charge is -2.31. The number of sulfonamides is 1. The standard InChI is InChI=1S/C22H28N4O6S/c1-14(2)24-33(29,30)17-11-18(25(3)12-17)22(28)26-8-6-15(7-9-26)21(27)23-16-4-5-19-20(10-16)32-13-31-19/h4-5,10-12,14-15,24H,6-9,13H2,1-3H3,(H,23,27). The predicted molar refractivity (Wildman–Crippen MR) is 121 cm³/mol. The number of benzene rings is 1. The van der Waals surface area contributed by atoms with Crippen molar-refractivity contribution in [2.24, 2.45) is 13.0 Å². The third-order valence-corrected chi connectivity index (χ3v) is 7.32. The van der Waals surface area contributed by atoms with Crippen LogP contribution in [0.25, 0.3) is 0 Å². The molecule has 2 aliphatic heterocycles. The number of aryl methyl sites for hydroxylation is 1. The highest BCUT2D eigenvalue weighted by Crippen LogP contribution is 2.34. The molecule has 33 heavy (non-hydrogen) atoms. The first-order chi connectivity index (χ1) is 15.6. The Morgan fingerprint density at radius 3 is 2.48 bits per heavy atom. The lowest BCUT2D eigenvalue weighted by atomic mass is 9.95. The van der Waals surface area contributed by atoms with E-state index in [1.807, 2.05) is 0 Å². The Morgan fingerprint density at radius 2 is 1.79 bits per heavy atom. The predicted octanol–water partition coefficient (Wildman–Crippen LogP) is 1.93. The zero-order valence-corrected chi connectivity index (χ0v) is 19.6. The summed E-state index contributed by atoms with van der Waals surface area (Å²) in [7, 11) is -2.04. The first kappa shape index (κ1) is 23.1. The average Bonchev–Trinajstić information content (AvgIpc) is 3.39. The Morgan fingerprint density at radius 1 is 1.09 bits per heavy atom. The van der Waals surface area contributed by atoms with Gasteiger partial charge < -0.3 is 24.3 Å². The van der Waals surface area contributed by atoms with Gasteiger partial charge in [-0.15, -0.1) is 0 Å². The van der Waals surface area contributed by atoms with Crippen molar-refractivity contribution in [3.63, 3.8) is 0 Å². The van der Waals surface area contributed by atoms with E-state index in [0.29, 0.717) is 48.8 Å². The Kier molecular flexibility index (Phi) is 6.35. The van der Waals surface area contributed by atoms with E-state index < -0.39 is 10.0 Å². The maximum atomic E-state index is 13.0. The minimum atomic E-state index is -3.69. The van der Waals surface area contributed by atoms with Gasteiger partial charge in [0.05, 0.1) is 0 Å². The summed E-state index contributed by atoms with van der Waals surface area (Å²) >= 11 is 0. The molecular weight excluding hydrogens is 448 g/mol. The number of carbonyl (C=O) groups is 2. The SMILES string of the molecule is CC(C)NS(=O)(=O)c1cc(C(=O)N2CCC(C(=O)Nc3ccc4c(c3)OCO4)CC2)n(C)c1. The minimum Gasteiger partial charge on any atom is -0.454 e. The molecule has 2 aromatic rings. The van der Waals surface area contributed by atoms with Gasteiger partial charge in [-0.2, -0.15) is 0 Å². The zero-order valence-electron chi connectivity index (χ0n) is 18.8. The van der Waals surface area contributed by atoms with E-state index in [4.69, 9.17) is 9.47 Å². The first-order valence-corrected chi connectivity index (χ1v) is 12.3. The number of ether oxygens (including phenoxy) is 2. The molecule has 2 amide bonds. The average molecular weight is 477 g/mol. The number of nitrogens with one attached hydrogen (secondary N) is 2. The highest BCUT2D eigenvalue weighted by Gasteiger charge is 2.30. The maximum Gasteiger partial charge on any atom is 0.270 e. The van der Waals surface area contributed by atoms with E-state index in [9.17, 15) is 18.0 Å². The van der Waals surface area contributed by atoms with Gasteiger partial charge in [0.15, 0.2) is 11.5 Å². The molecule has 0 spiro atoms. The second kappa shape index (κ2) is 9.06. The van der Waals surface area contributed by atoms with E-state index in [2.05, 4.69) is 10.0 Å². The van der Waals surface area contributed by atoms with Crippen LogP contribution >= 0.6 is 0 Å². The van der Waals surface area contributed by atoms with Gasteiger partial charge in [-0.05, 0) is 44.9 Å². The van der Waals surface area contributed by atoms with E-state index in [1.165, 1.54) is 16.8 Å². The van der Waals surface area contributed by atoms with Gasteiger partial charge >= 0.3 is 0 Å². The minimum absolute atomic E-state index is 0.0556. The van der Waals surface area contributed by atoms with Crippen molar-refractivity contribution in [2.45, 2.75) is 37.6 Å². The molecule has 0 atom stereocenters. The van der Waals surface area contributed by atoms with Gasteiger partial charge in [0.2, 0.25) is 22.7 Å². The van der Waals surface area contributed by atoms with Crippen molar-refractivity contribution < 1.29 is 27.5 Å². The molecule has 4 rings (SSSR count). The van der Waals surface area contributed by atoms with E-state index in [1.54, 1.807) is 44.0 Å². The lowest BCUT2D eigenvalue weighted by molar-refractivity contribution is -0.121. The van der Waals surface area contributed by atoms with Crippen molar-refractivity contribution >= 4 is 27.5 Å². The summed E-state index contributed by atoms with van der Waals surface area (Å²) in [4.78, 5) is 27.4. The quantitative estimate of drug-likeness (QED) is 0.658. The molecule has 2 aliphatic rings. The van der Waals surface area contributed by atoms with E-state index in [-0.39, 0.29) is 35.5 Å². The van der Waals surface area contributed by atoms with Crippen molar-refractivity contribution in [1.82, 2.24) is 14.2 Å². The largest absolute Gasteiger partial charge is 0.454 e. The number of nitrogens with zero attached hydrogens (tertiary/aromatic N) is 2. The third-order valence-electron chi connectivity index (χ3n) is 5.69. The molecule has 1 saturated heterocycles. The highest BCUT2D eigenvalue weighted by molar-refractivity contribution is 7.89.